The van der Waals surface area contributed by atoms with Gasteiger partial charge in [0.15, 0.2) is 0 Å². The maximum atomic E-state index is 12.2. The Balaban J connectivity index is 1.92. The van der Waals surface area contributed by atoms with Crippen molar-refractivity contribution in [1.82, 2.24) is 0 Å². The number of hydrogen-bond donors (Lipinski definition) is 1. The van der Waals surface area contributed by atoms with E-state index in [0.29, 0.717) is 17.6 Å². The zero-order chi connectivity index (χ0) is 15.4. The van der Waals surface area contributed by atoms with Gasteiger partial charge in [0.05, 0.1) is 17.6 Å². The molecule has 3 unspecified atom stereocenters. The standard InChI is InChI=1S/C18H27NO2/c1-13-7-5-10-17(11-13)18(20)21-16(4)12-19-14(2)8-6-9-15(19)3/h5,7,10-11,14-16H,6,8-9,12H2,1-4H3/p+1. The molecular formula is C18H28NO2+. The molecule has 116 valence electrons. The summed E-state index contributed by atoms with van der Waals surface area (Å²) in [5.41, 5.74) is 1.73. The molecule has 1 aromatic rings. The summed E-state index contributed by atoms with van der Waals surface area (Å²) < 4.78 is 5.63. The maximum Gasteiger partial charge on any atom is 0.338 e. The highest BCUT2D eigenvalue weighted by Gasteiger charge is 2.30. The summed E-state index contributed by atoms with van der Waals surface area (Å²) in [6, 6.07) is 8.91. The Morgan fingerprint density at radius 2 is 2.00 bits per heavy atom. The first kappa shape index (κ1) is 16.0. The van der Waals surface area contributed by atoms with Gasteiger partial charge in [-0.3, -0.25) is 0 Å². The quantitative estimate of drug-likeness (QED) is 0.863. The molecule has 21 heavy (non-hydrogen) atoms. The zero-order valence-electron chi connectivity index (χ0n) is 13.7. The van der Waals surface area contributed by atoms with Crippen LogP contribution in [0.5, 0.6) is 0 Å². The van der Waals surface area contributed by atoms with Gasteiger partial charge >= 0.3 is 5.97 Å². The number of carbonyl (C=O) groups is 1. The number of hydrogen-bond acceptors (Lipinski definition) is 2. The molecule has 0 aliphatic carbocycles. The van der Waals surface area contributed by atoms with Crippen LogP contribution in [0.15, 0.2) is 24.3 Å². The fourth-order valence-corrected chi connectivity index (χ4v) is 3.39. The van der Waals surface area contributed by atoms with Gasteiger partial charge in [0, 0.05) is 0 Å². The second-order valence-electron chi connectivity index (χ2n) is 6.60. The molecular weight excluding hydrogens is 262 g/mol. The van der Waals surface area contributed by atoms with E-state index >= 15 is 0 Å². The first-order valence-electron chi connectivity index (χ1n) is 8.10. The monoisotopic (exact) mass is 290 g/mol. The van der Waals surface area contributed by atoms with Crippen LogP contribution in [0.1, 0.15) is 56.0 Å². The summed E-state index contributed by atoms with van der Waals surface area (Å²) in [6.45, 7) is 9.51. The zero-order valence-corrected chi connectivity index (χ0v) is 13.7. The molecule has 1 aliphatic heterocycles. The fourth-order valence-electron chi connectivity index (χ4n) is 3.39. The van der Waals surface area contributed by atoms with Crippen LogP contribution in [-0.2, 0) is 4.74 Å². The van der Waals surface area contributed by atoms with Crippen molar-refractivity contribution in [2.24, 2.45) is 0 Å². The Kier molecular flexibility index (Phi) is 5.40. The molecule has 0 bridgehead atoms. The highest BCUT2D eigenvalue weighted by atomic mass is 16.5. The summed E-state index contributed by atoms with van der Waals surface area (Å²) in [7, 11) is 0. The molecule has 0 aromatic heterocycles. The lowest BCUT2D eigenvalue weighted by molar-refractivity contribution is -0.953. The lowest BCUT2D eigenvalue weighted by Crippen LogP contribution is -3.20. The third-order valence-corrected chi connectivity index (χ3v) is 4.63. The van der Waals surface area contributed by atoms with Crippen LogP contribution in [0.2, 0.25) is 0 Å². The summed E-state index contributed by atoms with van der Waals surface area (Å²) in [5, 5.41) is 0. The summed E-state index contributed by atoms with van der Waals surface area (Å²) in [6.07, 6.45) is 3.83. The minimum absolute atomic E-state index is 0.0454. The number of carbonyl (C=O) groups excluding carboxylic acids is 1. The summed E-state index contributed by atoms with van der Waals surface area (Å²) in [4.78, 5) is 13.8. The molecule has 0 radical (unpaired) electrons. The molecule has 3 nitrogen and oxygen atoms in total. The van der Waals surface area contributed by atoms with Crippen LogP contribution in [-0.4, -0.2) is 30.7 Å². The van der Waals surface area contributed by atoms with Crippen LogP contribution in [0, 0.1) is 6.92 Å². The molecule has 1 aliphatic rings. The average Bonchev–Trinajstić information content (AvgIpc) is 2.43. The highest BCUT2D eigenvalue weighted by molar-refractivity contribution is 5.89. The number of ether oxygens (including phenoxy) is 1. The molecule has 1 N–H and O–H groups in total. The van der Waals surface area contributed by atoms with Crippen LogP contribution >= 0.6 is 0 Å². The highest BCUT2D eigenvalue weighted by Crippen LogP contribution is 2.09. The lowest BCUT2D eigenvalue weighted by Gasteiger charge is -2.37. The normalized spacial score (nSPS) is 27.1. The first-order chi connectivity index (χ1) is 9.97. The molecule has 0 saturated carbocycles. The van der Waals surface area contributed by atoms with E-state index < -0.39 is 0 Å². The van der Waals surface area contributed by atoms with Gasteiger partial charge in [-0.05, 0) is 59.1 Å². The molecule has 0 amide bonds. The van der Waals surface area contributed by atoms with Gasteiger partial charge in [-0.1, -0.05) is 17.7 Å². The molecule has 0 spiro atoms. The maximum absolute atomic E-state index is 12.2. The number of likely N-dealkylation sites (tertiary alicyclic amines) is 1. The second-order valence-corrected chi connectivity index (χ2v) is 6.60. The van der Waals surface area contributed by atoms with Crippen molar-refractivity contribution in [1.29, 1.82) is 0 Å². The SMILES string of the molecule is Cc1cccc(C(=O)OC(C)C[NH+]2C(C)CCCC2C)c1. The minimum Gasteiger partial charge on any atom is -0.453 e. The minimum atomic E-state index is -0.206. The Morgan fingerprint density at radius 1 is 1.33 bits per heavy atom. The molecule has 3 atom stereocenters. The van der Waals surface area contributed by atoms with Crippen LogP contribution in [0.3, 0.4) is 0 Å². The van der Waals surface area contributed by atoms with E-state index in [9.17, 15) is 4.79 Å². The van der Waals surface area contributed by atoms with Gasteiger partial charge in [0.2, 0.25) is 0 Å². The topological polar surface area (TPSA) is 30.7 Å². The predicted octanol–water partition coefficient (Wildman–Crippen LogP) is 2.39. The van der Waals surface area contributed by atoms with Gasteiger partial charge in [-0.15, -0.1) is 0 Å². The van der Waals surface area contributed by atoms with Gasteiger partial charge in [-0.25, -0.2) is 4.79 Å². The van der Waals surface area contributed by atoms with E-state index in [1.54, 1.807) is 4.90 Å². The van der Waals surface area contributed by atoms with Crippen molar-refractivity contribution in [3.63, 3.8) is 0 Å². The Hall–Kier alpha value is -1.35. The van der Waals surface area contributed by atoms with E-state index in [0.717, 1.165) is 12.1 Å². The Labute approximate surface area is 128 Å². The molecule has 1 aromatic carbocycles. The number of aryl methyl sites for hydroxylation is 1. The summed E-state index contributed by atoms with van der Waals surface area (Å²) >= 11 is 0. The van der Waals surface area contributed by atoms with Crippen molar-refractivity contribution in [3.05, 3.63) is 35.4 Å². The number of quaternary nitrogens is 1. The van der Waals surface area contributed by atoms with E-state index in [1.807, 2.05) is 38.1 Å². The van der Waals surface area contributed by atoms with Gasteiger partial charge in [-0.2, -0.15) is 0 Å². The van der Waals surface area contributed by atoms with Crippen molar-refractivity contribution in [2.45, 2.75) is 65.1 Å². The smallest absolute Gasteiger partial charge is 0.338 e. The fraction of sp³-hybridized carbons (Fsp3) is 0.611. The van der Waals surface area contributed by atoms with Crippen molar-refractivity contribution >= 4 is 5.97 Å². The number of rotatable bonds is 4. The summed E-state index contributed by atoms with van der Waals surface area (Å²) in [5.74, 6) is -0.206. The molecule has 2 rings (SSSR count). The number of nitrogens with one attached hydrogen (secondary N) is 1. The molecule has 1 fully saturated rings. The number of benzene rings is 1. The van der Waals surface area contributed by atoms with Gasteiger partial charge in [0.25, 0.3) is 0 Å². The first-order valence-corrected chi connectivity index (χ1v) is 8.10. The van der Waals surface area contributed by atoms with Crippen molar-refractivity contribution in [2.75, 3.05) is 6.54 Å². The number of piperidine rings is 1. The lowest BCUT2D eigenvalue weighted by atomic mass is 9.97. The van der Waals surface area contributed by atoms with E-state index in [-0.39, 0.29) is 12.1 Å². The third kappa shape index (κ3) is 4.31. The van der Waals surface area contributed by atoms with Crippen molar-refractivity contribution < 1.29 is 14.4 Å². The Morgan fingerprint density at radius 3 is 2.62 bits per heavy atom. The predicted molar refractivity (Wildman–Crippen MR) is 84.7 cm³/mol. The van der Waals surface area contributed by atoms with Crippen LogP contribution in [0.4, 0.5) is 0 Å². The molecule has 3 heteroatoms. The second kappa shape index (κ2) is 7.08. The van der Waals surface area contributed by atoms with E-state index in [2.05, 4.69) is 13.8 Å². The van der Waals surface area contributed by atoms with E-state index in [1.165, 1.54) is 19.3 Å². The van der Waals surface area contributed by atoms with Gasteiger partial charge < -0.3 is 9.64 Å². The average molecular weight is 290 g/mol. The third-order valence-electron chi connectivity index (χ3n) is 4.63. The van der Waals surface area contributed by atoms with Crippen LogP contribution < -0.4 is 4.90 Å². The van der Waals surface area contributed by atoms with E-state index in [4.69, 9.17) is 4.74 Å². The molecule has 1 saturated heterocycles. The van der Waals surface area contributed by atoms with Gasteiger partial charge in [0.1, 0.15) is 12.6 Å². The van der Waals surface area contributed by atoms with Crippen molar-refractivity contribution in [3.8, 4) is 0 Å². The largest absolute Gasteiger partial charge is 0.453 e. The van der Waals surface area contributed by atoms with Crippen LogP contribution in [0.25, 0.3) is 0 Å². The molecule has 1 heterocycles. The Bertz CT molecular complexity index is 476. The number of esters is 1.